The first kappa shape index (κ1) is 7.02. The van der Waals surface area contributed by atoms with Gasteiger partial charge in [0.1, 0.15) is 0 Å². The molecule has 0 aliphatic rings. The van der Waals surface area contributed by atoms with E-state index in [1.165, 1.54) is 12.1 Å². The minimum Gasteiger partial charge on any atom is -0.594 e. The van der Waals surface area contributed by atoms with Crippen LogP contribution in [0.2, 0.25) is 5.02 Å². The summed E-state index contributed by atoms with van der Waals surface area (Å²) >= 11 is 5.54. The van der Waals surface area contributed by atoms with Crippen molar-refractivity contribution in [3.8, 4) is 0 Å². The van der Waals surface area contributed by atoms with Crippen molar-refractivity contribution in [2.75, 3.05) is 0 Å². The standard InChI is InChI=1S/C6H5ClN2O/c7-5-2-1-3-6(4-5)9(8)10/h1-4,8H. The molecule has 0 fully saturated rings. The van der Waals surface area contributed by atoms with E-state index in [4.69, 9.17) is 17.1 Å². The number of hydrogen-bond acceptors (Lipinski definition) is 2. The van der Waals surface area contributed by atoms with E-state index in [2.05, 4.69) is 0 Å². The van der Waals surface area contributed by atoms with Crippen molar-refractivity contribution < 1.29 is 4.86 Å². The van der Waals surface area contributed by atoms with Gasteiger partial charge in [0, 0.05) is 17.2 Å². The Balaban J connectivity index is 3.07. The van der Waals surface area contributed by atoms with Crippen molar-refractivity contribution in [3.63, 3.8) is 0 Å². The molecule has 0 radical (unpaired) electrons. The minimum atomic E-state index is 0.0197. The molecule has 3 nitrogen and oxygen atoms in total. The van der Waals surface area contributed by atoms with E-state index in [1.807, 2.05) is 0 Å². The van der Waals surface area contributed by atoms with Crippen molar-refractivity contribution in [3.05, 3.63) is 34.5 Å². The monoisotopic (exact) mass is 156 g/mol. The van der Waals surface area contributed by atoms with Crippen molar-refractivity contribution >= 4 is 17.3 Å². The second kappa shape index (κ2) is 2.66. The molecule has 1 N–H and O–H groups in total. The van der Waals surface area contributed by atoms with Gasteiger partial charge >= 0.3 is 0 Å². The van der Waals surface area contributed by atoms with Gasteiger partial charge in [0.05, 0.1) is 0 Å². The van der Waals surface area contributed by atoms with Crippen LogP contribution >= 0.6 is 11.6 Å². The summed E-state index contributed by atoms with van der Waals surface area (Å²) in [6, 6.07) is 6.22. The summed E-state index contributed by atoms with van der Waals surface area (Å²) in [4.78, 5) is 0.0197. The van der Waals surface area contributed by atoms with Crippen LogP contribution in [0.25, 0.3) is 0 Å². The first-order valence-corrected chi connectivity index (χ1v) is 3.02. The second-order valence-electron chi connectivity index (χ2n) is 1.77. The van der Waals surface area contributed by atoms with Crippen LogP contribution in [-0.4, -0.2) is 4.86 Å². The molecule has 10 heavy (non-hydrogen) atoms. The van der Waals surface area contributed by atoms with Gasteiger partial charge in [-0.1, -0.05) is 22.5 Å². The summed E-state index contributed by atoms with van der Waals surface area (Å²) in [5.74, 6) is 0. The summed E-state index contributed by atoms with van der Waals surface area (Å²) in [6.07, 6.45) is 0. The van der Waals surface area contributed by atoms with Gasteiger partial charge in [0.15, 0.2) is 0 Å². The van der Waals surface area contributed by atoms with E-state index in [1.54, 1.807) is 12.1 Å². The highest BCUT2D eigenvalue weighted by Crippen LogP contribution is 2.16. The Labute approximate surface area is 62.9 Å². The Hall–Kier alpha value is -1.09. The maximum Gasteiger partial charge on any atom is 0.245 e. The molecule has 0 bridgehead atoms. The van der Waals surface area contributed by atoms with Crippen molar-refractivity contribution in [2.24, 2.45) is 0 Å². The van der Waals surface area contributed by atoms with E-state index in [-0.39, 0.29) is 10.5 Å². The lowest BCUT2D eigenvalue weighted by molar-refractivity contribution is -0.465. The van der Waals surface area contributed by atoms with Crippen molar-refractivity contribution in [2.45, 2.75) is 0 Å². The molecule has 1 aromatic rings. The first-order valence-electron chi connectivity index (χ1n) is 2.64. The van der Waals surface area contributed by atoms with Gasteiger partial charge < -0.3 is 5.21 Å². The zero-order chi connectivity index (χ0) is 7.56. The Bertz CT molecular complexity index is 262. The Kier molecular flexibility index (Phi) is 1.87. The van der Waals surface area contributed by atoms with Crippen LogP contribution in [0, 0.1) is 10.7 Å². The summed E-state index contributed by atoms with van der Waals surface area (Å²) in [5, 5.41) is 10.8. The normalized spacial score (nSPS) is 9.30. The predicted molar refractivity (Wildman–Crippen MR) is 37.5 cm³/mol. The van der Waals surface area contributed by atoms with Crippen LogP contribution in [-0.2, 0) is 0 Å². The Morgan fingerprint density at radius 3 is 2.60 bits per heavy atom. The zero-order valence-corrected chi connectivity index (χ0v) is 5.80. The topological polar surface area (TPSA) is 49.9 Å². The average molecular weight is 157 g/mol. The molecule has 4 heteroatoms. The van der Waals surface area contributed by atoms with Crippen molar-refractivity contribution in [1.82, 2.24) is 0 Å². The maximum atomic E-state index is 10.3. The van der Waals surface area contributed by atoms with Crippen LogP contribution in [0.15, 0.2) is 24.3 Å². The van der Waals surface area contributed by atoms with Crippen LogP contribution in [0.1, 0.15) is 0 Å². The minimum absolute atomic E-state index is 0.0197. The molecular formula is C6H5ClN2O. The second-order valence-corrected chi connectivity index (χ2v) is 2.21. The first-order chi connectivity index (χ1) is 4.70. The lowest BCUT2D eigenvalue weighted by atomic mass is 10.3. The predicted octanol–water partition coefficient (Wildman–Crippen LogP) is 2.51. The quantitative estimate of drug-likeness (QED) is 0.379. The van der Waals surface area contributed by atoms with Crippen LogP contribution in [0.4, 0.5) is 5.69 Å². The van der Waals surface area contributed by atoms with E-state index < -0.39 is 0 Å². The molecule has 0 saturated carbocycles. The third-order valence-corrected chi connectivity index (χ3v) is 1.28. The molecule has 52 valence electrons. The highest BCUT2D eigenvalue weighted by atomic mass is 35.5. The molecule has 0 aliphatic heterocycles. The van der Waals surface area contributed by atoms with Crippen LogP contribution in [0.3, 0.4) is 0 Å². The summed E-state index contributed by atoms with van der Waals surface area (Å²) in [7, 11) is 0. The fourth-order valence-electron chi connectivity index (χ4n) is 0.602. The molecule has 0 atom stereocenters. The lowest BCUT2D eigenvalue weighted by Crippen LogP contribution is -1.85. The number of nitrogens with one attached hydrogen (secondary N) is 1. The highest BCUT2D eigenvalue weighted by Gasteiger charge is 1.99. The molecule has 0 aromatic heterocycles. The molecule has 0 aliphatic carbocycles. The maximum absolute atomic E-state index is 10.3. The number of halogens is 1. The van der Waals surface area contributed by atoms with E-state index >= 15 is 0 Å². The Morgan fingerprint density at radius 2 is 2.20 bits per heavy atom. The van der Waals surface area contributed by atoms with Gasteiger partial charge in [-0.2, -0.15) is 0 Å². The Morgan fingerprint density at radius 1 is 1.50 bits per heavy atom. The van der Waals surface area contributed by atoms with Gasteiger partial charge in [-0.05, 0) is 11.6 Å². The van der Waals surface area contributed by atoms with Crippen molar-refractivity contribution in [1.29, 1.82) is 5.53 Å². The molecule has 0 saturated heterocycles. The van der Waals surface area contributed by atoms with Gasteiger partial charge in [-0.25, -0.2) is 0 Å². The molecular weight excluding hydrogens is 152 g/mol. The molecule has 1 rings (SSSR count). The molecule has 0 unspecified atom stereocenters. The summed E-state index contributed by atoms with van der Waals surface area (Å²) < 4.78 is 0. The largest absolute Gasteiger partial charge is 0.594 e. The number of benzene rings is 1. The highest BCUT2D eigenvalue weighted by molar-refractivity contribution is 6.30. The smallest absolute Gasteiger partial charge is 0.245 e. The van der Waals surface area contributed by atoms with Gasteiger partial charge in [-0.15, -0.1) is 0 Å². The third kappa shape index (κ3) is 1.45. The molecule has 1 aromatic carbocycles. The fraction of sp³-hybridized carbons (Fsp3) is 0. The third-order valence-electron chi connectivity index (χ3n) is 1.04. The summed E-state index contributed by atoms with van der Waals surface area (Å²) in [6.45, 7) is 0. The number of hydrogen-bond donors (Lipinski definition) is 1. The van der Waals surface area contributed by atoms with Crippen LogP contribution in [0.5, 0.6) is 0 Å². The van der Waals surface area contributed by atoms with Gasteiger partial charge in [0.25, 0.3) is 0 Å². The van der Waals surface area contributed by atoms with Crippen LogP contribution < -0.4 is 0 Å². The zero-order valence-electron chi connectivity index (χ0n) is 5.04. The number of rotatable bonds is 1. The SMILES string of the molecule is N=[N+]([O-])c1cccc(Cl)c1. The molecule has 0 amide bonds. The fourth-order valence-corrected chi connectivity index (χ4v) is 0.787. The average Bonchev–Trinajstić information content (AvgIpc) is 1.88. The van der Waals surface area contributed by atoms with Gasteiger partial charge in [0.2, 0.25) is 5.69 Å². The molecule has 0 heterocycles. The van der Waals surface area contributed by atoms with E-state index in [0.717, 1.165) is 0 Å². The summed E-state index contributed by atoms with van der Waals surface area (Å²) in [5.41, 5.74) is 6.88. The van der Waals surface area contributed by atoms with Gasteiger partial charge in [-0.3, -0.25) is 0 Å². The molecule has 0 spiro atoms. The lowest BCUT2D eigenvalue weighted by Gasteiger charge is -1.94. The van der Waals surface area contributed by atoms with E-state index in [0.29, 0.717) is 5.02 Å². The number of nitrogens with zero attached hydrogens (tertiary/aromatic N) is 1. The van der Waals surface area contributed by atoms with E-state index in [9.17, 15) is 5.21 Å².